The van der Waals surface area contributed by atoms with Crippen molar-refractivity contribution < 1.29 is 17.9 Å². The van der Waals surface area contributed by atoms with E-state index in [0.29, 0.717) is 25.3 Å². The summed E-state index contributed by atoms with van der Waals surface area (Å²) in [6, 6.07) is 22.1. The van der Waals surface area contributed by atoms with Gasteiger partial charge in [-0.3, -0.25) is 9.52 Å². The number of hydrogen-bond donors (Lipinski definition) is 2. The molecule has 1 aliphatic heterocycles. The van der Waals surface area contributed by atoms with Gasteiger partial charge in [-0.05, 0) is 61.6 Å². The minimum atomic E-state index is -3.86. The molecule has 1 fully saturated rings. The van der Waals surface area contributed by atoms with E-state index in [4.69, 9.17) is 4.74 Å². The molecule has 7 heteroatoms. The van der Waals surface area contributed by atoms with Gasteiger partial charge >= 0.3 is 0 Å². The number of anilines is 1. The molecular formula is C27H30N2O4S. The number of ether oxygens (including phenoxy) is 1. The number of aryl methyl sites for hydroxylation is 2. The molecular weight excluding hydrogens is 448 g/mol. The average molecular weight is 479 g/mol. The zero-order valence-electron chi connectivity index (χ0n) is 19.5. The summed E-state index contributed by atoms with van der Waals surface area (Å²) < 4.78 is 34.5. The van der Waals surface area contributed by atoms with Crippen LogP contribution in [0.3, 0.4) is 0 Å². The van der Waals surface area contributed by atoms with Crippen molar-refractivity contribution in [2.45, 2.75) is 37.0 Å². The highest BCUT2D eigenvalue weighted by atomic mass is 32.2. The highest BCUT2D eigenvalue weighted by molar-refractivity contribution is 7.92. The number of hydrogen-bond acceptors (Lipinski definition) is 4. The predicted molar refractivity (Wildman–Crippen MR) is 134 cm³/mol. The predicted octanol–water partition coefficient (Wildman–Crippen LogP) is 4.58. The number of rotatable bonds is 7. The van der Waals surface area contributed by atoms with Crippen molar-refractivity contribution in [2.24, 2.45) is 0 Å². The molecule has 1 heterocycles. The van der Waals surface area contributed by atoms with Gasteiger partial charge in [-0.1, -0.05) is 54.6 Å². The Morgan fingerprint density at radius 2 is 1.62 bits per heavy atom. The monoisotopic (exact) mass is 478 g/mol. The Morgan fingerprint density at radius 1 is 0.941 bits per heavy atom. The van der Waals surface area contributed by atoms with E-state index in [1.54, 1.807) is 43.3 Å². The second kappa shape index (κ2) is 9.99. The molecule has 1 saturated heterocycles. The lowest BCUT2D eigenvalue weighted by Gasteiger charge is -2.38. The van der Waals surface area contributed by atoms with Crippen molar-refractivity contribution in [3.8, 4) is 0 Å². The number of carbonyl (C=O) groups is 1. The Bertz CT molecular complexity index is 1270. The van der Waals surface area contributed by atoms with Crippen molar-refractivity contribution in [3.63, 3.8) is 0 Å². The number of para-hydroxylation sites is 1. The van der Waals surface area contributed by atoms with E-state index < -0.39 is 10.0 Å². The van der Waals surface area contributed by atoms with Crippen molar-refractivity contribution >= 4 is 21.6 Å². The number of benzene rings is 3. The van der Waals surface area contributed by atoms with Gasteiger partial charge in [-0.25, -0.2) is 8.42 Å². The van der Waals surface area contributed by atoms with Gasteiger partial charge in [0.05, 0.1) is 16.1 Å². The summed E-state index contributed by atoms with van der Waals surface area (Å²) >= 11 is 0. The van der Waals surface area contributed by atoms with E-state index in [-0.39, 0.29) is 27.5 Å². The van der Waals surface area contributed by atoms with E-state index in [9.17, 15) is 13.2 Å². The zero-order valence-corrected chi connectivity index (χ0v) is 20.3. The van der Waals surface area contributed by atoms with Gasteiger partial charge in [0, 0.05) is 25.2 Å². The molecule has 1 aliphatic rings. The van der Waals surface area contributed by atoms with Crippen LogP contribution in [0.5, 0.6) is 0 Å². The summed E-state index contributed by atoms with van der Waals surface area (Å²) in [6.45, 7) is 5.31. The van der Waals surface area contributed by atoms with Crippen LogP contribution in [0, 0.1) is 13.8 Å². The third-order valence-corrected chi connectivity index (χ3v) is 7.98. The lowest BCUT2D eigenvalue weighted by atomic mass is 9.74. The van der Waals surface area contributed by atoms with Crippen LogP contribution < -0.4 is 10.0 Å². The van der Waals surface area contributed by atoms with Crippen LogP contribution >= 0.6 is 0 Å². The Morgan fingerprint density at radius 3 is 2.35 bits per heavy atom. The summed E-state index contributed by atoms with van der Waals surface area (Å²) in [4.78, 5) is 13.4. The van der Waals surface area contributed by atoms with Gasteiger partial charge in [-0.2, -0.15) is 0 Å². The smallest absolute Gasteiger partial charge is 0.262 e. The fraction of sp³-hybridized carbons (Fsp3) is 0.296. The standard InChI is InChI=1S/C27H30N2O4S/c1-20-12-13-21(2)25(18-20)34(31,32)29-24-11-7-6-10-23(24)26(30)28-19-27(14-16-33-17-15-27)22-8-4-3-5-9-22/h3-13,18,29H,14-17,19H2,1-2H3,(H,28,30). The van der Waals surface area contributed by atoms with Gasteiger partial charge in [0.1, 0.15) is 0 Å². The van der Waals surface area contributed by atoms with Crippen molar-refractivity contribution in [2.75, 3.05) is 24.5 Å². The molecule has 0 aromatic heterocycles. The Labute approximate surface area is 201 Å². The number of carbonyl (C=O) groups excluding carboxylic acids is 1. The molecule has 2 N–H and O–H groups in total. The molecule has 4 rings (SSSR count). The van der Waals surface area contributed by atoms with Gasteiger partial charge < -0.3 is 10.1 Å². The first kappa shape index (κ1) is 24.0. The second-order valence-electron chi connectivity index (χ2n) is 8.86. The quantitative estimate of drug-likeness (QED) is 0.521. The molecule has 0 bridgehead atoms. The van der Waals surface area contributed by atoms with E-state index in [2.05, 4.69) is 22.2 Å². The van der Waals surface area contributed by atoms with Gasteiger partial charge in [0.2, 0.25) is 0 Å². The fourth-order valence-corrected chi connectivity index (χ4v) is 5.84. The Kier molecular flexibility index (Phi) is 7.05. The zero-order chi connectivity index (χ0) is 24.2. The summed E-state index contributed by atoms with van der Waals surface area (Å²) in [5.41, 5.74) is 2.97. The maximum absolute atomic E-state index is 13.2. The number of amides is 1. The maximum atomic E-state index is 13.2. The van der Waals surface area contributed by atoms with E-state index in [1.807, 2.05) is 31.2 Å². The molecule has 0 radical (unpaired) electrons. The average Bonchev–Trinajstić information content (AvgIpc) is 2.85. The Hall–Kier alpha value is -3.16. The first-order valence-corrected chi connectivity index (χ1v) is 12.9. The van der Waals surface area contributed by atoms with Gasteiger partial charge in [-0.15, -0.1) is 0 Å². The first-order valence-electron chi connectivity index (χ1n) is 11.4. The van der Waals surface area contributed by atoms with Crippen LogP contribution in [0.4, 0.5) is 5.69 Å². The third kappa shape index (κ3) is 5.16. The molecule has 0 unspecified atom stereocenters. The van der Waals surface area contributed by atoms with Gasteiger partial charge in [0.25, 0.3) is 15.9 Å². The summed E-state index contributed by atoms with van der Waals surface area (Å²) in [6.07, 6.45) is 1.61. The molecule has 6 nitrogen and oxygen atoms in total. The molecule has 34 heavy (non-hydrogen) atoms. The van der Waals surface area contributed by atoms with Crippen LogP contribution in [0.2, 0.25) is 0 Å². The molecule has 1 amide bonds. The van der Waals surface area contributed by atoms with Crippen LogP contribution in [-0.4, -0.2) is 34.1 Å². The molecule has 3 aromatic carbocycles. The SMILES string of the molecule is Cc1ccc(C)c(S(=O)(=O)Nc2ccccc2C(=O)NCC2(c3ccccc3)CCOCC2)c1. The molecule has 0 aliphatic carbocycles. The highest BCUT2D eigenvalue weighted by Gasteiger charge is 2.35. The lowest BCUT2D eigenvalue weighted by Crippen LogP contribution is -2.44. The molecule has 0 spiro atoms. The molecule has 3 aromatic rings. The first-order chi connectivity index (χ1) is 16.3. The minimum Gasteiger partial charge on any atom is -0.381 e. The number of nitrogens with one attached hydrogen (secondary N) is 2. The van der Waals surface area contributed by atoms with E-state index >= 15 is 0 Å². The maximum Gasteiger partial charge on any atom is 0.262 e. The second-order valence-corrected chi connectivity index (χ2v) is 10.5. The van der Waals surface area contributed by atoms with Crippen molar-refractivity contribution in [1.82, 2.24) is 5.32 Å². The molecule has 178 valence electrons. The molecule has 0 atom stereocenters. The van der Waals surface area contributed by atoms with Gasteiger partial charge in [0.15, 0.2) is 0 Å². The molecule has 0 saturated carbocycles. The van der Waals surface area contributed by atoms with Crippen LogP contribution in [0.15, 0.2) is 77.7 Å². The van der Waals surface area contributed by atoms with Crippen LogP contribution in [0.25, 0.3) is 0 Å². The third-order valence-electron chi connectivity index (χ3n) is 6.47. The Balaban J connectivity index is 1.56. The number of sulfonamides is 1. The van der Waals surface area contributed by atoms with Crippen LogP contribution in [-0.2, 0) is 20.2 Å². The minimum absolute atomic E-state index is 0.202. The van der Waals surface area contributed by atoms with E-state index in [0.717, 1.165) is 18.4 Å². The topological polar surface area (TPSA) is 84.5 Å². The fourth-order valence-electron chi connectivity index (χ4n) is 4.43. The van der Waals surface area contributed by atoms with Crippen LogP contribution in [0.1, 0.15) is 39.9 Å². The summed E-state index contributed by atoms with van der Waals surface area (Å²) in [5.74, 6) is -0.318. The normalized spacial score (nSPS) is 15.5. The van der Waals surface area contributed by atoms with Crippen molar-refractivity contribution in [1.29, 1.82) is 0 Å². The van der Waals surface area contributed by atoms with Crippen molar-refractivity contribution in [3.05, 3.63) is 95.1 Å². The largest absolute Gasteiger partial charge is 0.381 e. The lowest BCUT2D eigenvalue weighted by molar-refractivity contribution is 0.0487. The summed E-state index contributed by atoms with van der Waals surface area (Å²) in [7, 11) is -3.86. The van der Waals surface area contributed by atoms with E-state index in [1.165, 1.54) is 5.56 Å². The highest BCUT2D eigenvalue weighted by Crippen LogP contribution is 2.34. The summed E-state index contributed by atoms with van der Waals surface area (Å²) in [5, 5.41) is 3.07.